The fraction of sp³-hybridized carbons (Fsp3) is 0.300. The Balaban J connectivity index is 0.00000112. The van der Waals surface area contributed by atoms with Gasteiger partial charge in [-0.05, 0) is 18.1 Å². The van der Waals surface area contributed by atoms with E-state index in [1.54, 1.807) is 6.07 Å². The van der Waals surface area contributed by atoms with Gasteiger partial charge >= 0.3 is 5.97 Å². The molecular weight excluding hydrogens is 218 g/mol. The van der Waals surface area contributed by atoms with E-state index in [-0.39, 0.29) is 19.0 Å². The first-order valence-corrected chi connectivity index (χ1v) is 4.41. The van der Waals surface area contributed by atoms with Crippen LogP contribution in [0.15, 0.2) is 18.2 Å². The summed E-state index contributed by atoms with van der Waals surface area (Å²) in [6.45, 7) is 0.205. The lowest BCUT2D eigenvalue weighted by molar-refractivity contribution is -0.143. The van der Waals surface area contributed by atoms with E-state index < -0.39 is 11.9 Å². The van der Waals surface area contributed by atoms with Crippen molar-refractivity contribution < 1.29 is 14.6 Å². The van der Waals surface area contributed by atoms with E-state index in [1.165, 1.54) is 0 Å². The Bertz CT molecular complexity index is 381. The van der Waals surface area contributed by atoms with E-state index in [9.17, 15) is 4.79 Å². The van der Waals surface area contributed by atoms with Crippen LogP contribution in [0.2, 0.25) is 0 Å². The summed E-state index contributed by atoms with van der Waals surface area (Å²) < 4.78 is 5.32. The van der Waals surface area contributed by atoms with Crippen LogP contribution >= 0.6 is 12.4 Å². The minimum atomic E-state index is -0.821. The van der Waals surface area contributed by atoms with Crippen molar-refractivity contribution in [3.8, 4) is 5.75 Å². The summed E-state index contributed by atoms with van der Waals surface area (Å²) in [5, 5.41) is 8.82. The van der Waals surface area contributed by atoms with Crippen LogP contribution in [0.5, 0.6) is 5.75 Å². The van der Waals surface area contributed by atoms with Crippen LogP contribution in [-0.2, 0) is 11.2 Å². The minimum Gasteiger partial charge on any atom is -0.490 e. The molecule has 2 rings (SSSR count). The fourth-order valence-corrected chi connectivity index (χ4v) is 1.61. The Labute approximate surface area is 93.4 Å². The Morgan fingerprint density at radius 1 is 1.53 bits per heavy atom. The summed E-state index contributed by atoms with van der Waals surface area (Å²) in [5.41, 5.74) is 7.14. The number of nitrogens with two attached hydrogens (primary N) is 1. The highest BCUT2D eigenvalue weighted by molar-refractivity contribution is 5.85. The minimum absolute atomic E-state index is 0. The third-order valence-electron chi connectivity index (χ3n) is 2.37. The quantitative estimate of drug-likeness (QED) is 0.713. The van der Waals surface area contributed by atoms with Gasteiger partial charge in [-0.15, -0.1) is 12.4 Å². The third-order valence-corrected chi connectivity index (χ3v) is 2.37. The number of hydrogen-bond acceptors (Lipinski definition) is 3. The zero-order valence-corrected chi connectivity index (χ0v) is 8.79. The van der Waals surface area contributed by atoms with E-state index in [0.29, 0.717) is 17.9 Å². The SMILES string of the molecule is Cl.Nc1cccc2c1OCC(C(=O)O)C2. The van der Waals surface area contributed by atoms with Crippen molar-refractivity contribution in [2.75, 3.05) is 12.3 Å². The summed E-state index contributed by atoms with van der Waals surface area (Å²) in [4.78, 5) is 10.7. The second-order valence-electron chi connectivity index (χ2n) is 3.39. The molecule has 1 unspecified atom stereocenters. The van der Waals surface area contributed by atoms with Crippen LogP contribution in [0.4, 0.5) is 5.69 Å². The number of hydrogen-bond donors (Lipinski definition) is 2. The summed E-state index contributed by atoms with van der Waals surface area (Å²) in [6, 6.07) is 5.41. The van der Waals surface area contributed by atoms with Gasteiger partial charge in [-0.3, -0.25) is 4.79 Å². The average molecular weight is 230 g/mol. The van der Waals surface area contributed by atoms with E-state index in [4.69, 9.17) is 15.6 Å². The Kier molecular flexibility index (Phi) is 3.42. The average Bonchev–Trinajstić information content (AvgIpc) is 2.17. The van der Waals surface area contributed by atoms with Gasteiger partial charge in [0.25, 0.3) is 0 Å². The molecule has 0 radical (unpaired) electrons. The third kappa shape index (κ3) is 2.15. The smallest absolute Gasteiger partial charge is 0.310 e. The first-order chi connectivity index (χ1) is 6.68. The fourth-order valence-electron chi connectivity index (χ4n) is 1.61. The molecule has 1 heterocycles. The number of carbonyl (C=O) groups is 1. The largest absolute Gasteiger partial charge is 0.490 e. The lowest BCUT2D eigenvalue weighted by atomic mass is 9.96. The van der Waals surface area contributed by atoms with Gasteiger partial charge in [0.15, 0.2) is 0 Å². The molecular formula is C10H12ClNO3. The monoisotopic (exact) mass is 229 g/mol. The van der Waals surface area contributed by atoms with E-state index >= 15 is 0 Å². The Morgan fingerprint density at radius 3 is 2.93 bits per heavy atom. The van der Waals surface area contributed by atoms with Gasteiger partial charge in [0, 0.05) is 0 Å². The number of nitrogen functional groups attached to an aromatic ring is 1. The van der Waals surface area contributed by atoms with Gasteiger partial charge < -0.3 is 15.6 Å². The number of ether oxygens (including phenoxy) is 1. The maximum absolute atomic E-state index is 10.7. The van der Waals surface area contributed by atoms with Gasteiger partial charge in [0.1, 0.15) is 12.4 Å². The molecule has 1 aliphatic heterocycles. The molecule has 15 heavy (non-hydrogen) atoms. The van der Waals surface area contributed by atoms with E-state index in [2.05, 4.69) is 0 Å². The number of aliphatic carboxylic acids is 1. The second kappa shape index (κ2) is 4.40. The summed E-state index contributed by atoms with van der Waals surface area (Å²) in [6.07, 6.45) is 0.496. The maximum atomic E-state index is 10.7. The van der Waals surface area contributed by atoms with Crippen molar-refractivity contribution in [1.82, 2.24) is 0 Å². The highest BCUT2D eigenvalue weighted by Crippen LogP contribution is 2.32. The zero-order chi connectivity index (χ0) is 10.1. The highest BCUT2D eigenvalue weighted by Gasteiger charge is 2.26. The van der Waals surface area contributed by atoms with E-state index in [1.807, 2.05) is 12.1 Å². The molecule has 3 N–H and O–H groups in total. The highest BCUT2D eigenvalue weighted by atomic mass is 35.5. The molecule has 0 fully saturated rings. The predicted molar refractivity (Wildman–Crippen MR) is 58.4 cm³/mol. The van der Waals surface area contributed by atoms with Gasteiger partial charge in [0.05, 0.1) is 11.6 Å². The van der Waals surface area contributed by atoms with Crippen molar-refractivity contribution in [1.29, 1.82) is 0 Å². The number of carboxylic acid groups (broad SMARTS) is 1. The Hall–Kier alpha value is -1.42. The molecule has 5 heteroatoms. The first-order valence-electron chi connectivity index (χ1n) is 4.41. The van der Waals surface area contributed by atoms with Crippen LogP contribution in [0.25, 0.3) is 0 Å². The number of halogens is 1. The van der Waals surface area contributed by atoms with Gasteiger partial charge in [-0.25, -0.2) is 0 Å². The van der Waals surface area contributed by atoms with Crippen molar-refractivity contribution in [3.63, 3.8) is 0 Å². The van der Waals surface area contributed by atoms with Crippen molar-refractivity contribution in [2.24, 2.45) is 5.92 Å². The number of rotatable bonds is 1. The standard InChI is InChI=1S/C10H11NO3.ClH/c11-8-3-1-2-6-4-7(10(12)13)5-14-9(6)8;/h1-3,7H,4-5,11H2,(H,12,13);1H. The normalized spacial score (nSPS) is 18.3. The number of anilines is 1. The zero-order valence-electron chi connectivity index (χ0n) is 7.97. The molecule has 0 aliphatic carbocycles. The molecule has 0 spiro atoms. The lowest BCUT2D eigenvalue weighted by Crippen LogP contribution is -2.28. The number of benzene rings is 1. The molecule has 0 aromatic heterocycles. The van der Waals surface area contributed by atoms with Crippen molar-refractivity contribution >= 4 is 24.1 Å². The maximum Gasteiger partial charge on any atom is 0.310 e. The van der Waals surface area contributed by atoms with Crippen LogP contribution in [0.1, 0.15) is 5.56 Å². The van der Waals surface area contributed by atoms with Crippen LogP contribution in [-0.4, -0.2) is 17.7 Å². The molecule has 0 saturated carbocycles. The van der Waals surface area contributed by atoms with Crippen LogP contribution < -0.4 is 10.5 Å². The molecule has 0 saturated heterocycles. The molecule has 4 nitrogen and oxygen atoms in total. The van der Waals surface area contributed by atoms with Gasteiger partial charge in [-0.1, -0.05) is 12.1 Å². The van der Waals surface area contributed by atoms with Crippen molar-refractivity contribution in [2.45, 2.75) is 6.42 Å². The molecule has 0 bridgehead atoms. The van der Waals surface area contributed by atoms with Crippen LogP contribution in [0, 0.1) is 5.92 Å². The van der Waals surface area contributed by atoms with E-state index in [0.717, 1.165) is 5.56 Å². The number of fused-ring (bicyclic) bond motifs is 1. The molecule has 1 atom stereocenters. The Morgan fingerprint density at radius 2 is 2.27 bits per heavy atom. The molecule has 1 aliphatic rings. The molecule has 82 valence electrons. The number of para-hydroxylation sites is 1. The topological polar surface area (TPSA) is 72.5 Å². The summed E-state index contributed by atoms with van der Waals surface area (Å²) >= 11 is 0. The summed E-state index contributed by atoms with van der Waals surface area (Å²) in [7, 11) is 0. The molecule has 1 aromatic rings. The lowest BCUT2D eigenvalue weighted by Gasteiger charge is -2.23. The van der Waals surface area contributed by atoms with Gasteiger partial charge in [-0.2, -0.15) is 0 Å². The van der Waals surface area contributed by atoms with Gasteiger partial charge in [0.2, 0.25) is 0 Å². The number of carboxylic acids is 1. The predicted octanol–water partition coefficient (Wildman–Crippen LogP) is 1.33. The molecule has 0 amide bonds. The first kappa shape index (κ1) is 11.7. The van der Waals surface area contributed by atoms with Crippen LogP contribution in [0.3, 0.4) is 0 Å². The van der Waals surface area contributed by atoms with Crippen molar-refractivity contribution in [3.05, 3.63) is 23.8 Å². The molecule has 1 aromatic carbocycles. The summed E-state index contributed by atoms with van der Waals surface area (Å²) in [5.74, 6) is -0.632. The second-order valence-corrected chi connectivity index (χ2v) is 3.39.